The van der Waals surface area contributed by atoms with Crippen LogP contribution in [0.5, 0.6) is 0 Å². The first kappa shape index (κ1) is 16.2. The lowest BCUT2D eigenvalue weighted by atomic mass is 9.85. The van der Waals surface area contributed by atoms with E-state index in [1.54, 1.807) is 11.8 Å². The van der Waals surface area contributed by atoms with Gasteiger partial charge in [0.25, 0.3) is 0 Å². The largest absolute Gasteiger partial charge is 0.355 e. The van der Waals surface area contributed by atoms with Crippen LogP contribution in [0, 0.1) is 0 Å². The van der Waals surface area contributed by atoms with Crippen LogP contribution in [0.1, 0.15) is 40.2 Å². The van der Waals surface area contributed by atoms with E-state index in [2.05, 4.69) is 26.1 Å². The summed E-state index contributed by atoms with van der Waals surface area (Å²) in [5.74, 6) is -0.107. The number of hydrogen-bond donors (Lipinski definition) is 1. The van der Waals surface area contributed by atoms with Gasteiger partial charge in [0.2, 0.25) is 11.8 Å². The second-order valence-corrected chi connectivity index (χ2v) is 5.92. The molecule has 0 radical (unpaired) electrons. The lowest BCUT2D eigenvalue weighted by molar-refractivity contribution is -0.119. The molecule has 0 aromatic heterocycles. The molecule has 0 aliphatic heterocycles. The number of carbonyl (C=O) groups excluding carboxylic acids is 2. The van der Waals surface area contributed by atoms with E-state index in [4.69, 9.17) is 0 Å². The maximum Gasteiger partial charge on any atom is 0.223 e. The van der Waals surface area contributed by atoms with E-state index in [1.165, 1.54) is 6.92 Å². The minimum atomic E-state index is -0.0855. The van der Waals surface area contributed by atoms with Crippen molar-refractivity contribution in [3.05, 3.63) is 29.8 Å². The summed E-state index contributed by atoms with van der Waals surface area (Å²) in [6, 6.07) is 7.91. The molecule has 0 aliphatic carbocycles. The summed E-state index contributed by atoms with van der Waals surface area (Å²) in [4.78, 5) is 24.6. The van der Waals surface area contributed by atoms with Crippen molar-refractivity contribution in [3.8, 4) is 0 Å². The summed E-state index contributed by atoms with van der Waals surface area (Å²) in [7, 11) is 0. The highest BCUT2D eigenvalue weighted by Crippen LogP contribution is 2.31. The highest BCUT2D eigenvalue weighted by Gasteiger charge is 2.22. The summed E-state index contributed by atoms with van der Waals surface area (Å²) in [6.45, 7) is 10.3. The molecule has 0 bridgehead atoms. The van der Waals surface area contributed by atoms with Crippen LogP contribution >= 0.6 is 0 Å². The first-order chi connectivity index (χ1) is 9.23. The molecule has 0 heterocycles. The molecule has 1 rings (SSSR count). The number of carbonyl (C=O) groups is 2. The van der Waals surface area contributed by atoms with Gasteiger partial charge in [0.05, 0.1) is 0 Å². The van der Waals surface area contributed by atoms with E-state index < -0.39 is 0 Å². The van der Waals surface area contributed by atoms with Gasteiger partial charge in [0.15, 0.2) is 0 Å². The molecule has 0 saturated heterocycles. The van der Waals surface area contributed by atoms with Crippen LogP contribution in [0.15, 0.2) is 24.3 Å². The van der Waals surface area contributed by atoms with Crippen molar-refractivity contribution in [2.75, 3.05) is 18.0 Å². The molecule has 1 aromatic carbocycles. The Hall–Kier alpha value is -1.84. The molecule has 0 fully saturated rings. The van der Waals surface area contributed by atoms with Crippen molar-refractivity contribution < 1.29 is 9.59 Å². The Balaban J connectivity index is 3.03. The first-order valence-electron chi connectivity index (χ1n) is 6.85. The van der Waals surface area contributed by atoms with Gasteiger partial charge in [-0.2, -0.15) is 0 Å². The summed E-state index contributed by atoms with van der Waals surface area (Å²) in [6.07, 6.45) is 0. The van der Waals surface area contributed by atoms with Crippen LogP contribution in [-0.2, 0) is 15.0 Å². The highest BCUT2D eigenvalue weighted by molar-refractivity contribution is 5.92. The van der Waals surface area contributed by atoms with E-state index in [0.717, 1.165) is 11.3 Å². The summed E-state index contributed by atoms with van der Waals surface area (Å²) < 4.78 is 0. The lowest BCUT2D eigenvalue weighted by Gasteiger charge is -2.29. The number of para-hydroxylation sites is 1. The second kappa shape index (κ2) is 6.55. The minimum absolute atomic E-state index is 0.0212. The Morgan fingerprint density at radius 1 is 1.15 bits per heavy atom. The number of benzene rings is 1. The van der Waals surface area contributed by atoms with Gasteiger partial charge in [0.1, 0.15) is 0 Å². The second-order valence-electron chi connectivity index (χ2n) is 5.92. The molecular formula is C16H24N2O2. The number of nitrogens with zero attached hydrogens (tertiary/aromatic N) is 1. The fraction of sp³-hybridized carbons (Fsp3) is 0.500. The topological polar surface area (TPSA) is 49.4 Å². The van der Waals surface area contributed by atoms with Crippen LogP contribution in [0.2, 0.25) is 0 Å². The molecule has 0 atom stereocenters. The summed E-state index contributed by atoms with van der Waals surface area (Å²) in [5.41, 5.74) is 1.99. The van der Waals surface area contributed by atoms with Gasteiger partial charge < -0.3 is 10.2 Å². The van der Waals surface area contributed by atoms with Crippen molar-refractivity contribution in [2.24, 2.45) is 0 Å². The molecule has 110 valence electrons. The summed E-state index contributed by atoms with van der Waals surface area (Å²) in [5, 5.41) is 2.73. The van der Waals surface area contributed by atoms with Crippen LogP contribution in [-0.4, -0.2) is 24.9 Å². The number of rotatable bonds is 4. The zero-order chi connectivity index (χ0) is 15.3. The van der Waals surface area contributed by atoms with Gasteiger partial charge >= 0.3 is 0 Å². The van der Waals surface area contributed by atoms with E-state index in [-0.39, 0.29) is 17.2 Å². The van der Waals surface area contributed by atoms with Crippen LogP contribution in [0.25, 0.3) is 0 Å². The average Bonchev–Trinajstić information content (AvgIpc) is 2.33. The third-order valence-corrected chi connectivity index (χ3v) is 3.09. The molecule has 0 unspecified atom stereocenters. The molecule has 4 heteroatoms. The normalized spacial score (nSPS) is 11.1. The monoisotopic (exact) mass is 276 g/mol. The Morgan fingerprint density at radius 2 is 1.75 bits per heavy atom. The van der Waals surface area contributed by atoms with E-state index in [9.17, 15) is 9.59 Å². The molecule has 2 amide bonds. The molecule has 1 aromatic rings. The molecule has 0 spiro atoms. The number of anilines is 1. The molecular weight excluding hydrogens is 252 g/mol. The predicted octanol–water partition coefficient (Wildman–Crippen LogP) is 2.47. The Bertz CT molecular complexity index is 489. The zero-order valence-electron chi connectivity index (χ0n) is 13.0. The Labute approximate surface area is 121 Å². The van der Waals surface area contributed by atoms with Gasteiger partial charge in [-0.05, 0) is 17.0 Å². The standard InChI is InChI=1S/C16H24N2O2/c1-12(19)17-10-11-18(13(2)20)15-9-7-6-8-14(15)16(3,4)5/h6-9H,10-11H2,1-5H3,(H,17,19). The van der Waals surface area contributed by atoms with Gasteiger partial charge in [-0.15, -0.1) is 0 Å². The smallest absolute Gasteiger partial charge is 0.223 e. The van der Waals surface area contributed by atoms with Crippen LogP contribution in [0.4, 0.5) is 5.69 Å². The van der Waals surface area contributed by atoms with Gasteiger partial charge in [0, 0.05) is 32.6 Å². The van der Waals surface area contributed by atoms with Gasteiger partial charge in [-0.25, -0.2) is 0 Å². The Kier molecular flexibility index (Phi) is 5.31. The van der Waals surface area contributed by atoms with Crippen molar-refractivity contribution in [1.82, 2.24) is 5.32 Å². The fourth-order valence-electron chi connectivity index (χ4n) is 2.13. The lowest BCUT2D eigenvalue weighted by Crippen LogP contribution is -2.38. The third-order valence-electron chi connectivity index (χ3n) is 3.09. The average molecular weight is 276 g/mol. The van der Waals surface area contributed by atoms with E-state index in [1.807, 2.05) is 24.3 Å². The number of amides is 2. The maximum absolute atomic E-state index is 11.9. The molecule has 0 aliphatic rings. The molecule has 4 nitrogen and oxygen atoms in total. The van der Waals surface area contributed by atoms with Crippen molar-refractivity contribution >= 4 is 17.5 Å². The van der Waals surface area contributed by atoms with Gasteiger partial charge in [-0.1, -0.05) is 39.0 Å². The van der Waals surface area contributed by atoms with Crippen molar-refractivity contribution in [2.45, 2.75) is 40.0 Å². The van der Waals surface area contributed by atoms with E-state index >= 15 is 0 Å². The van der Waals surface area contributed by atoms with Gasteiger partial charge in [-0.3, -0.25) is 9.59 Å². The maximum atomic E-state index is 11.9. The van der Waals surface area contributed by atoms with Crippen LogP contribution < -0.4 is 10.2 Å². The predicted molar refractivity (Wildman–Crippen MR) is 81.9 cm³/mol. The minimum Gasteiger partial charge on any atom is -0.355 e. The molecule has 0 saturated carbocycles. The first-order valence-corrected chi connectivity index (χ1v) is 6.85. The quantitative estimate of drug-likeness (QED) is 0.918. The highest BCUT2D eigenvalue weighted by atomic mass is 16.2. The number of nitrogens with one attached hydrogen (secondary N) is 1. The number of hydrogen-bond acceptors (Lipinski definition) is 2. The van der Waals surface area contributed by atoms with E-state index in [0.29, 0.717) is 13.1 Å². The zero-order valence-corrected chi connectivity index (χ0v) is 13.0. The fourth-order valence-corrected chi connectivity index (χ4v) is 2.13. The van der Waals surface area contributed by atoms with Crippen molar-refractivity contribution in [1.29, 1.82) is 0 Å². The molecule has 1 N–H and O–H groups in total. The van der Waals surface area contributed by atoms with Crippen LogP contribution in [0.3, 0.4) is 0 Å². The Morgan fingerprint density at radius 3 is 2.25 bits per heavy atom. The third kappa shape index (κ3) is 4.37. The summed E-state index contributed by atoms with van der Waals surface area (Å²) >= 11 is 0. The molecule has 20 heavy (non-hydrogen) atoms. The SMILES string of the molecule is CC(=O)NCCN(C(C)=O)c1ccccc1C(C)(C)C. The van der Waals surface area contributed by atoms with Crippen molar-refractivity contribution in [3.63, 3.8) is 0 Å².